The fourth-order valence-electron chi connectivity index (χ4n) is 5.06. The Bertz CT molecular complexity index is 1460. The lowest BCUT2D eigenvalue weighted by molar-refractivity contribution is 0.257. The number of halogens is 1. The number of fused-ring (bicyclic) bond motifs is 1. The summed E-state index contributed by atoms with van der Waals surface area (Å²) < 4.78 is 16.0. The van der Waals surface area contributed by atoms with E-state index >= 15 is 0 Å². The van der Waals surface area contributed by atoms with Gasteiger partial charge < -0.3 is 15.3 Å². The predicted octanol–water partition coefficient (Wildman–Crippen LogP) is 4.17. The Kier molecular flexibility index (Phi) is 6.80. The summed E-state index contributed by atoms with van der Waals surface area (Å²) in [5.74, 6) is -0.247. The Morgan fingerprint density at radius 1 is 1.17 bits per heavy atom. The molecule has 1 fully saturated rings. The van der Waals surface area contributed by atoms with Gasteiger partial charge in [0.2, 0.25) is 0 Å². The summed E-state index contributed by atoms with van der Waals surface area (Å²) in [6.07, 6.45) is 6.63. The van der Waals surface area contributed by atoms with Crippen LogP contribution in [0.15, 0.2) is 59.8 Å². The number of hydrogen-bond donors (Lipinski definition) is 2. The second-order valence-corrected chi connectivity index (χ2v) is 9.54. The summed E-state index contributed by atoms with van der Waals surface area (Å²) in [6.45, 7) is 4.06. The maximum absolute atomic E-state index is 14.5. The number of hydrogen-bond acceptors (Lipinski definition) is 6. The highest BCUT2D eigenvalue weighted by Crippen LogP contribution is 2.31. The third-order valence-corrected chi connectivity index (χ3v) is 6.93. The number of pyridine rings is 1. The van der Waals surface area contributed by atoms with Crippen molar-refractivity contribution in [2.45, 2.75) is 38.8 Å². The van der Waals surface area contributed by atoms with Gasteiger partial charge >= 0.3 is 0 Å². The maximum atomic E-state index is 14.5. The van der Waals surface area contributed by atoms with E-state index in [9.17, 15) is 14.3 Å². The minimum atomic E-state index is -0.304. The molecule has 2 aromatic heterocycles. The Balaban J connectivity index is 1.68. The van der Waals surface area contributed by atoms with Crippen molar-refractivity contribution in [3.63, 3.8) is 0 Å². The average Bonchev–Trinajstić information content (AvgIpc) is 2.87. The molecular formula is C28H30FN5O2. The van der Waals surface area contributed by atoms with Crippen molar-refractivity contribution in [2.24, 2.45) is 0 Å². The van der Waals surface area contributed by atoms with Crippen LogP contribution in [0.1, 0.15) is 30.4 Å². The van der Waals surface area contributed by atoms with Crippen LogP contribution in [0.4, 0.5) is 4.39 Å². The van der Waals surface area contributed by atoms with E-state index in [0.717, 1.165) is 30.6 Å². The van der Waals surface area contributed by atoms with E-state index in [2.05, 4.69) is 20.2 Å². The minimum Gasteiger partial charge on any atom is -0.508 e. The van der Waals surface area contributed by atoms with E-state index in [1.165, 1.54) is 35.9 Å². The van der Waals surface area contributed by atoms with Crippen LogP contribution in [0, 0.1) is 12.7 Å². The largest absolute Gasteiger partial charge is 0.508 e. The maximum Gasteiger partial charge on any atom is 0.267 e. The van der Waals surface area contributed by atoms with Gasteiger partial charge in [-0.15, -0.1) is 0 Å². The molecule has 0 radical (unpaired) electrons. The Morgan fingerprint density at radius 3 is 2.78 bits per heavy atom. The summed E-state index contributed by atoms with van der Waals surface area (Å²) in [4.78, 5) is 25.0. The van der Waals surface area contributed by atoms with Gasteiger partial charge in [0.15, 0.2) is 5.65 Å². The van der Waals surface area contributed by atoms with Crippen molar-refractivity contribution in [3.05, 3.63) is 82.3 Å². The lowest BCUT2D eigenvalue weighted by atomic mass is 9.95. The summed E-state index contributed by atoms with van der Waals surface area (Å²) in [6, 6.07) is 11.8. The molecule has 0 amide bonds. The smallest absolute Gasteiger partial charge is 0.267 e. The van der Waals surface area contributed by atoms with Crippen LogP contribution in [0.3, 0.4) is 0 Å². The summed E-state index contributed by atoms with van der Waals surface area (Å²) in [5.41, 5.74) is 3.26. The molecule has 2 aromatic carbocycles. The first-order valence-electron chi connectivity index (χ1n) is 12.3. The molecule has 1 unspecified atom stereocenters. The molecule has 0 bridgehead atoms. The number of rotatable bonds is 6. The number of likely N-dealkylation sites (N-methyl/N-ethyl adjacent to an activating group) is 1. The number of piperidine rings is 1. The fourth-order valence-corrected chi connectivity index (χ4v) is 5.06. The van der Waals surface area contributed by atoms with Gasteiger partial charge in [0.05, 0.1) is 11.1 Å². The molecule has 8 heteroatoms. The Labute approximate surface area is 209 Å². The van der Waals surface area contributed by atoms with E-state index in [1.54, 1.807) is 37.4 Å². The molecular weight excluding hydrogens is 457 g/mol. The van der Waals surface area contributed by atoms with E-state index in [1.807, 2.05) is 13.1 Å². The minimum absolute atomic E-state index is 0.0571. The monoisotopic (exact) mass is 487 g/mol. The highest BCUT2D eigenvalue weighted by molar-refractivity contribution is 5.86. The summed E-state index contributed by atoms with van der Waals surface area (Å²) in [5, 5.41) is 13.9. The molecule has 186 valence electrons. The molecule has 5 rings (SSSR count). The molecule has 1 aliphatic rings. The molecule has 2 N–H and O–H groups in total. The highest BCUT2D eigenvalue weighted by Gasteiger charge is 2.21. The van der Waals surface area contributed by atoms with E-state index in [4.69, 9.17) is 0 Å². The van der Waals surface area contributed by atoms with Gasteiger partial charge in [-0.25, -0.2) is 14.4 Å². The molecule has 0 aliphatic carbocycles. The quantitative estimate of drug-likeness (QED) is 0.425. The zero-order valence-electron chi connectivity index (χ0n) is 20.5. The van der Waals surface area contributed by atoms with Gasteiger partial charge in [0.25, 0.3) is 5.56 Å². The first-order valence-corrected chi connectivity index (χ1v) is 12.3. The van der Waals surface area contributed by atoms with Crippen LogP contribution in [-0.4, -0.2) is 50.7 Å². The molecule has 1 aliphatic heterocycles. The molecule has 3 heterocycles. The van der Waals surface area contributed by atoms with E-state index in [-0.39, 0.29) is 17.1 Å². The van der Waals surface area contributed by atoms with E-state index in [0.29, 0.717) is 40.4 Å². The van der Waals surface area contributed by atoms with Crippen molar-refractivity contribution in [3.8, 4) is 22.6 Å². The molecule has 4 aromatic rings. The SMILES string of the molecule is Cc1c(F)cccc1-c1cnc2ncn(-c3cccc(O)c3)c(=O)c2c1CN(C)CC1CCCCN1. The third kappa shape index (κ3) is 4.74. The second-order valence-electron chi connectivity index (χ2n) is 9.54. The van der Waals surface area contributed by atoms with E-state index < -0.39 is 0 Å². The van der Waals surface area contributed by atoms with Crippen molar-refractivity contribution in [1.82, 2.24) is 24.8 Å². The number of phenols is 1. The predicted molar refractivity (Wildman–Crippen MR) is 139 cm³/mol. The van der Waals surface area contributed by atoms with Crippen LogP contribution in [0.2, 0.25) is 0 Å². The summed E-state index contributed by atoms with van der Waals surface area (Å²) in [7, 11) is 2.04. The number of nitrogens with zero attached hydrogens (tertiary/aromatic N) is 4. The van der Waals surface area contributed by atoms with Crippen molar-refractivity contribution in [2.75, 3.05) is 20.1 Å². The number of nitrogens with one attached hydrogen (secondary N) is 1. The normalized spacial score (nSPS) is 16.1. The average molecular weight is 488 g/mol. The van der Waals surface area contributed by atoms with Crippen molar-refractivity contribution < 1.29 is 9.50 Å². The van der Waals surface area contributed by atoms with Crippen LogP contribution < -0.4 is 10.9 Å². The van der Waals surface area contributed by atoms with Gasteiger partial charge in [-0.3, -0.25) is 9.36 Å². The van der Waals surface area contributed by atoms with Gasteiger partial charge in [-0.05, 0) is 68.2 Å². The molecule has 0 spiro atoms. The van der Waals surface area contributed by atoms with Crippen molar-refractivity contribution in [1.29, 1.82) is 0 Å². The van der Waals surface area contributed by atoms with Crippen LogP contribution >= 0.6 is 0 Å². The molecule has 0 saturated carbocycles. The zero-order chi connectivity index (χ0) is 25.2. The Hall–Kier alpha value is -3.62. The molecule has 1 atom stereocenters. The number of benzene rings is 2. The topological polar surface area (TPSA) is 83.3 Å². The van der Waals surface area contributed by atoms with Gasteiger partial charge in [0, 0.05) is 37.0 Å². The first kappa shape index (κ1) is 24.1. The molecule has 36 heavy (non-hydrogen) atoms. The molecule has 7 nitrogen and oxygen atoms in total. The highest BCUT2D eigenvalue weighted by atomic mass is 19.1. The van der Waals surface area contributed by atoms with Crippen LogP contribution in [0.25, 0.3) is 27.8 Å². The lowest BCUT2D eigenvalue weighted by Gasteiger charge is -2.29. The van der Waals surface area contributed by atoms with Crippen molar-refractivity contribution >= 4 is 11.0 Å². The Morgan fingerprint density at radius 2 is 2.00 bits per heavy atom. The number of aromatic nitrogens is 3. The third-order valence-electron chi connectivity index (χ3n) is 6.93. The number of phenolic OH excluding ortho intramolecular Hbond substituents is 1. The van der Waals surface area contributed by atoms with Gasteiger partial charge in [0.1, 0.15) is 17.9 Å². The van der Waals surface area contributed by atoms with Crippen LogP contribution in [-0.2, 0) is 6.54 Å². The molecule has 1 saturated heterocycles. The van der Waals surface area contributed by atoms with Crippen LogP contribution in [0.5, 0.6) is 5.75 Å². The lowest BCUT2D eigenvalue weighted by Crippen LogP contribution is -2.42. The zero-order valence-corrected chi connectivity index (χ0v) is 20.5. The summed E-state index contributed by atoms with van der Waals surface area (Å²) >= 11 is 0. The van der Waals surface area contributed by atoms with Gasteiger partial charge in [-0.2, -0.15) is 0 Å². The fraction of sp³-hybridized carbons (Fsp3) is 0.321. The first-order chi connectivity index (χ1) is 17.4. The van der Waals surface area contributed by atoms with Gasteiger partial charge in [-0.1, -0.05) is 24.6 Å². The number of aromatic hydroxyl groups is 1. The second kappa shape index (κ2) is 10.2. The standard InChI is InChI=1S/C28H30FN5O2/c1-18-22(10-6-11-25(18)29)23-14-31-27-26(24(23)16-33(2)15-19-7-3-4-12-30-19)28(36)34(17-32-27)20-8-5-9-21(35)13-20/h5-6,8-11,13-14,17,19,30,35H,3-4,7,12,15-16H2,1-2H3.